The number of hydrogen-bond donors (Lipinski definition) is 1. The van der Waals surface area contributed by atoms with Crippen LogP contribution in [0.4, 0.5) is 4.39 Å². The highest BCUT2D eigenvalue weighted by molar-refractivity contribution is 5.91. The maximum absolute atomic E-state index is 13.5. The van der Waals surface area contributed by atoms with Gasteiger partial charge >= 0.3 is 0 Å². The molecule has 2 aliphatic rings. The lowest BCUT2D eigenvalue weighted by Crippen LogP contribution is -2.32. The van der Waals surface area contributed by atoms with Crippen LogP contribution in [0.3, 0.4) is 0 Å². The summed E-state index contributed by atoms with van der Waals surface area (Å²) in [6.45, 7) is 4.66. The van der Waals surface area contributed by atoms with Crippen molar-refractivity contribution in [3.8, 4) is 22.4 Å². The molecule has 2 atom stereocenters. The number of aromatic amines is 1. The maximum atomic E-state index is 13.5. The minimum atomic E-state index is -0.213. The Kier molecular flexibility index (Phi) is 5.73. The summed E-state index contributed by atoms with van der Waals surface area (Å²) in [6.07, 6.45) is 14.7. The fourth-order valence-corrected chi connectivity index (χ4v) is 5.31. The number of pyridine rings is 1. The van der Waals surface area contributed by atoms with Crippen LogP contribution in [0, 0.1) is 11.7 Å². The van der Waals surface area contributed by atoms with E-state index < -0.39 is 0 Å². The van der Waals surface area contributed by atoms with Crippen molar-refractivity contribution in [1.82, 2.24) is 14.9 Å². The number of H-pyrrole nitrogens is 1. The zero-order valence-electron chi connectivity index (χ0n) is 18.2. The summed E-state index contributed by atoms with van der Waals surface area (Å²) in [4.78, 5) is 10.4. The van der Waals surface area contributed by atoms with Gasteiger partial charge in [0.1, 0.15) is 5.82 Å². The highest BCUT2D eigenvalue weighted by Gasteiger charge is 2.33. The summed E-state index contributed by atoms with van der Waals surface area (Å²) in [7, 11) is 0. The molecule has 0 radical (unpaired) electrons. The predicted molar refractivity (Wildman–Crippen MR) is 125 cm³/mol. The van der Waals surface area contributed by atoms with Gasteiger partial charge in [-0.1, -0.05) is 25.8 Å². The second kappa shape index (κ2) is 8.80. The second-order valence-corrected chi connectivity index (χ2v) is 8.94. The van der Waals surface area contributed by atoms with Gasteiger partial charge in [0.2, 0.25) is 0 Å². The monoisotopic (exact) mass is 415 g/mol. The highest BCUT2D eigenvalue weighted by atomic mass is 19.1. The van der Waals surface area contributed by atoms with E-state index in [4.69, 9.17) is 0 Å². The summed E-state index contributed by atoms with van der Waals surface area (Å²) in [5.41, 5.74) is 7.06. The molecule has 1 N–H and O–H groups in total. The van der Waals surface area contributed by atoms with Crippen LogP contribution in [0.1, 0.15) is 44.6 Å². The highest BCUT2D eigenvalue weighted by Crippen LogP contribution is 2.41. The van der Waals surface area contributed by atoms with Gasteiger partial charge in [-0.15, -0.1) is 0 Å². The zero-order valence-corrected chi connectivity index (χ0v) is 18.2. The number of rotatable bonds is 6. The summed E-state index contributed by atoms with van der Waals surface area (Å²) in [5.74, 6) is 0.621. The van der Waals surface area contributed by atoms with Crippen LogP contribution in [-0.2, 0) is 0 Å². The molecule has 160 valence electrons. The van der Waals surface area contributed by atoms with E-state index in [0.29, 0.717) is 6.04 Å². The van der Waals surface area contributed by atoms with E-state index in [2.05, 4.69) is 46.2 Å². The first kappa shape index (κ1) is 20.2. The smallest absolute Gasteiger partial charge is 0.123 e. The van der Waals surface area contributed by atoms with Crippen molar-refractivity contribution in [2.45, 2.75) is 45.1 Å². The standard InChI is InChI=1S/C27H30FN3/c1-2-3-4-19-15-24-16-22(11-14-31(24)18-19)25-17-30-27(21-5-7-23(28)8-6-21)26(25)20-9-12-29-13-10-20/h5-10,12-13,16-17,19,24,30H,2-4,11,14-15,18H2,1H3/t19-,24-/m0/s1. The number of nitrogens with one attached hydrogen (secondary N) is 1. The van der Waals surface area contributed by atoms with Gasteiger partial charge in [0.15, 0.2) is 0 Å². The van der Waals surface area contributed by atoms with Crippen molar-refractivity contribution in [1.29, 1.82) is 0 Å². The quantitative estimate of drug-likeness (QED) is 0.495. The van der Waals surface area contributed by atoms with E-state index in [9.17, 15) is 4.39 Å². The van der Waals surface area contributed by atoms with Crippen molar-refractivity contribution in [2.24, 2.45) is 5.92 Å². The molecule has 0 bridgehead atoms. The molecule has 4 heterocycles. The number of aromatic nitrogens is 2. The van der Waals surface area contributed by atoms with Crippen LogP contribution in [0.5, 0.6) is 0 Å². The minimum absolute atomic E-state index is 0.213. The summed E-state index contributed by atoms with van der Waals surface area (Å²) >= 11 is 0. The number of fused-ring (bicyclic) bond motifs is 1. The lowest BCUT2D eigenvalue weighted by Gasteiger charge is -2.28. The first-order chi connectivity index (χ1) is 15.2. The Morgan fingerprint density at radius 3 is 2.68 bits per heavy atom. The Balaban J connectivity index is 1.52. The van der Waals surface area contributed by atoms with E-state index in [1.54, 1.807) is 0 Å². The molecule has 5 rings (SSSR count). The van der Waals surface area contributed by atoms with Crippen LogP contribution in [-0.4, -0.2) is 34.0 Å². The Hall–Kier alpha value is -2.72. The molecule has 1 fully saturated rings. The van der Waals surface area contributed by atoms with E-state index in [-0.39, 0.29) is 5.82 Å². The number of halogens is 1. The molecular formula is C27H30FN3. The van der Waals surface area contributed by atoms with Gasteiger partial charge in [-0.25, -0.2) is 4.39 Å². The topological polar surface area (TPSA) is 31.9 Å². The van der Waals surface area contributed by atoms with Gasteiger partial charge in [-0.2, -0.15) is 0 Å². The molecule has 3 aromatic rings. The Bertz CT molecular complexity index is 1050. The molecule has 2 aliphatic heterocycles. The Morgan fingerprint density at radius 2 is 1.90 bits per heavy atom. The largest absolute Gasteiger partial charge is 0.360 e. The normalized spacial score (nSPS) is 21.2. The van der Waals surface area contributed by atoms with Crippen molar-refractivity contribution in [3.63, 3.8) is 0 Å². The Morgan fingerprint density at radius 1 is 1.10 bits per heavy atom. The third-order valence-electron chi connectivity index (χ3n) is 6.89. The lowest BCUT2D eigenvalue weighted by molar-refractivity contribution is 0.279. The SMILES string of the molecule is CCCC[C@H]1C[C@H]2C=C(c3c[nH]c(-c4ccc(F)cc4)c3-c3ccncc3)CCN2C1. The molecule has 0 unspecified atom stereocenters. The van der Waals surface area contributed by atoms with Crippen molar-refractivity contribution in [2.75, 3.05) is 13.1 Å². The van der Waals surface area contributed by atoms with E-state index in [1.807, 2.05) is 24.5 Å². The molecule has 4 heteroatoms. The van der Waals surface area contributed by atoms with E-state index >= 15 is 0 Å². The zero-order chi connectivity index (χ0) is 21.2. The second-order valence-electron chi connectivity index (χ2n) is 8.94. The van der Waals surface area contributed by atoms with Crippen molar-refractivity contribution < 1.29 is 4.39 Å². The van der Waals surface area contributed by atoms with Gasteiger partial charge in [-0.3, -0.25) is 9.88 Å². The van der Waals surface area contributed by atoms with Gasteiger partial charge in [0.05, 0.1) is 5.69 Å². The molecular weight excluding hydrogens is 385 g/mol. The molecule has 1 aromatic carbocycles. The molecule has 0 amide bonds. The van der Waals surface area contributed by atoms with Gasteiger partial charge in [0.25, 0.3) is 0 Å². The Labute approximate surface area is 184 Å². The van der Waals surface area contributed by atoms with E-state index in [0.717, 1.165) is 35.7 Å². The van der Waals surface area contributed by atoms with Crippen molar-refractivity contribution >= 4 is 5.57 Å². The van der Waals surface area contributed by atoms with Crippen LogP contribution < -0.4 is 0 Å². The van der Waals surface area contributed by atoms with Gasteiger partial charge in [0, 0.05) is 48.8 Å². The minimum Gasteiger partial charge on any atom is -0.360 e. The van der Waals surface area contributed by atoms with Crippen molar-refractivity contribution in [3.05, 3.63) is 72.4 Å². The van der Waals surface area contributed by atoms with Gasteiger partial charge < -0.3 is 4.98 Å². The molecule has 0 spiro atoms. The van der Waals surface area contributed by atoms with Crippen LogP contribution >= 0.6 is 0 Å². The van der Waals surface area contributed by atoms with Crippen LogP contribution in [0.15, 0.2) is 61.1 Å². The summed E-state index contributed by atoms with van der Waals surface area (Å²) in [5, 5.41) is 0. The molecule has 2 aromatic heterocycles. The summed E-state index contributed by atoms with van der Waals surface area (Å²) in [6, 6.07) is 11.4. The number of nitrogens with zero attached hydrogens (tertiary/aromatic N) is 2. The molecule has 1 saturated heterocycles. The first-order valence-corrected chi connectivity index (χ1v) is 11.6. The number of benzene rings is 1. The molecule has 31 heavy (non-hydrogen) atoms. The van der Waals surface area contributed by atoms with Gasteiger partial charge in [-0.05, 0) is 78.3 Å². The molecule has 3 nitrogen and oxygen atoms in total. The number of hydrogen-bond acceptors (Lipinski definition) is 2. The van der Waals surface area contributed by atoms with Crippen LogP contribution in [0.25, 0.3) is 28.0 Å². The average molecular weight is 416 g/mol. The van der Waals surface area contributed by atoms with E-state index in [1.165, 1.54) is 61.1 Å². The third-order valence-corrected chi connectivity index (χ3v) is 6.89. The molecule has 0 saturated carbocycles. The third kappa shape index (κ3) is 4.09. The summed E-state index contributed by atoms with van der Waals surface area (Å²) < 4.78 is 13.5. The lowest BCUT2D eigenvalue weighted by atomic mass is 9.90. The maximum Gasteiger partial charge on any atom is 0.123 e. The fourth-order valence-electron chi connectivity index (χ4n) is 5.31. The van der Waals surface area contributed by atoms with Crippen LogP contribution in [0.2, 0.25) is 0 Å². The number of unbranched alkanes of at least 4 members (excludes halogenated alkanes) is 1. The predicted octanol–water partition coefficient (Wildman–Crippen LogP) is 6.55. The average Bonchev–Trinajstić information content (AvgIpc) is 3.42. The fraction of sp³-hybridized carbons (Fsp3) is 0.370. The molecule has 0 aliphatic carbocycles. The first-order valence-electron chi connectivity index (χ1n) is 11.6.